The van der Waals surface area contributed by atoms with Gasteiger partial charge >= 0.3 is 0 Å². The van der Waals surface area contributed by atoms with Gasteiger partial charge in [0, 0.05) is 12.6 Å². The van der Waals surface area contributed by atoms with E-state index in [2.05, 4.69) is 10.2 Å². The lowest BCUT2D eigenvalue weighted by Crippen LogP contribution is -2.26. The highest BCUT2D eigenvalue weighted by Gasteiger charge is 2.01. The van der Waals surface area contributed by atoms with Crippen LogP contribution in [0.15, 0.2) is 24.3 Å². The molecule has 1 aromatic rings. The molecule has 126 valence electrons. The first-order valence-electron chi connectivity index (χ1n) is 6.71. The summed E-state index contributed by atoms with van der Waals surface area (Å²) in [6.07, 6.45) is 2.91. The standard InChI is InChI=1S/C14H18N2O7/c1-21-13-10-11(2-4-12(13)17)3-5-14(18)15-6-7-22-8-9-23-16(19)20/h2-5,10,17H,6-9H2,1H3,(H,15,18). The number of phenols is 1. The number of nitrogens with zero attached hydrogens (tertiary/aromatic N) is 1. The van der Waals surface area contributed by atoms with Crippen molar-refractivity contribution < 1.29 is 29.3 Å². The molecule has 9 heteroatoms. The third-order valence-corrected chi connectivity index (χ3v) is 2.60. The van der Waals surface area contributed by atoms with Crippen molar-refractivity contribution in [3.8, 4) is 11.5 Å². The van der Waals surface area contributed by atoms with Gasteiger partial charge in [-0.1, -0.05) is 6.07 Å². The molecule has 23 heavy (non-hydrogen) atoms. The minimum Gasteiger partial charge on any atom is -0.504 e. The first-order valence-corrected chi connectivity index (χ1v) is 6.71. The summed E-state index contributed by atoms with van der Waals surface area (Å²) in [4.78, 5) is 25.5. The molecule has 0 unspecified atom stereocenters. The number of hydrogen-bond donors (Lipinski definition) is 2. The van der Waals surface area contributed by atoms with Gasteiger partial charge in [-0.2, -0.15) is 0 Å². The predicted octanol–water partition coefficient (Wildman–Crippen LogP) is 0.755. The van der Waals surface area contributed by atoms with Crippen LogP contribution < -0.4 is 10.1 Å². The molecule has 0 aliphatic rings. The monoisotopic (exact) mass is 326 g/mol. The highest BCUT2D eigenvalue weighted by Crippen LogP contribution is 2.26. The quantitative estimate of drug-likeness (QED) is 0.282. The van der Waals surface area contributed by atoms with Crippen molar-refractivity contribution in [2.45, 2.75) is 0 Å². The average Bonchev–Trinajstić information content (AvgIpc) is 2.52. The van der Waals surface area contributed by atoms with E-state index in [0.29, 0.717) is 11.3 Å². The topological polar surface area (TPSA) is 120 Å². The van der Waals surface area contributed by atoms with E-state index in [1.807, 2.05) is 0 Å². The number of nitrogens with one attached hydrogen (secondary N) is 1. The Morgan fingerprint density at radius 2 is 2.17 bits per heavy atom. The molecule has 0 radical (unpaired) electrons. The van der Waals surface area contributed by atoms with Crippen LogP contribution in [0.4, 0.5) is 0 Å². The molecule has 0 aliphatic carbocycles. The molecule has 9 nitrogen and oxygen atoms in total. The van der Waals surface area contributed by atoms with E-state index in [4.69, 9.17) is 9.47 Å². The summed E-state index contributed by atoms with van der Waals surface area (Å²) >= 11 is 0. The Hall–Kier alpha value is -2.81. The van der Waals surface area contributed by atoms with Gasteiger partial charge < -0.3 is 24.7 Å². The predicted molar refractivity (Wildman–Crippen MR) is 80.5 cm³/mol. The second kappa shape index (κ2) is 10.0. The van der Waals surface area contributed by atoms with E-state index in [-0.39, 0.29) is 38.0 Å². The number of methoxy groups -OCH3 is 1. The first kappa shape index (κ1) is 18.2. The molecule has 0 spiro atoms. The number of carbonyl (C=O) groups excluding carboxylic acids is 1. The summed E-state index contributed by atoms with van der Waals surface area (Å²) in [5.41, 5.74) is 0.697. The second-order valence-corrected chi connectivity index (χ2v) is 4.22. The number of amides is 1. The molecule has 0 aliphatic heterocycles. The van der Waals surface area contributed by atoms with E-state index in [9.17, 15) is 20.0 Å². The van der Waals surface area contributed by atoms with E-state index < -0.39 is 5.09 Å². The average molecular weight is 326 g/mol. The van der Waals surface area contributed by atoms with Crippen LogP contribution in [0.3, 0.4) is 0 Å². The maximum Gasteiger partial charge on any atom is 0.294 e. The third kappa shape index (κ3) is 7.67. The zero-order valence-corrected chi connectivity index (χ0v) is 12.6. The smallest absolute Gasteiger partial charge is 0.294 e. The van der Waals surface area contributed by atoms with Crippen LogP contribution >= 0.6 is 0 Å². The van der Waals surface area contributed by atoms with Gasteiger partial charge in [0.1, 0.15) is 6.61 Å². The zero-order chi connectivity index (χ0) is 17.1. The Kier molecular flexibility index (Phi) is 7.94. The van der Waals surface area contributed by atoms with Gasteiger partial charge in [0.15, 0.2) is 11.5 Å². The van der Waals surface area contributed by atoms with Gasteiger partial charge in [0.2, 0.25) is 5.91 Å². The van der Waals surface area contributed by atoms with Crippen LogP contribution in [-0.2, 0) is 14.4 Å². The number of benzene rings is 1. The summed E-state index contributed by atoms with van der Waals surface area (Å²) in [5.74, 6) is 0.0207. The SMILES string of the molecule is COc1cc(C=CC(=O)NCCOCCO[N+](=O)[O-])ccc1O. The van der Waals surface area contributed by atoms with Gasteiger partial charge in [-0.05, 0) is 23.8 Å². The Morgan fingerprint density at radius 1 is 1.39 bits per heavy atom. The number of carbonyl (C=O) groups is 1. The maximum atomic E-state index is 11.6. The molecule has 0 saturated carbocycles. The molecular weight excluding hydrogens is 308 g/mol. The fourth-order valence-corrected chi connectivity index (χ4v) is 1.55. The Labute approximate surface area is 132 Å². The van der Waals surface area contributed by atoms with Gasteiger partial charge in [0.05, 0.1) is 20.3 Å². The largest absolute Gasteiger partial charge is 0.504 e. The highest BCUT2D eigenvalue weighted by atomic mass is 17.0. The van der Waals surface area contributed by atoms with Crippen LogP contribution in [0, 0.1) is 10.1 Å². The summed E-state index contributed by atoms with van der Waals surface area (Å²) < 4.78 is 9.99. The summed E-state index contributed by atoms with van der Waals surface area (Å²) in [6, 6.07) is 4.70. The van der Waals surface area contributed by atoms with Crippen molar-refractivity contribution in [3.05, 3.63) is 40.0 Å². The van der Waals surface area contributed by atoms with E-state index in [1.165, 1.54) is 19.3 Å². The number of ether oxygens (including phenoxy) is 2. The minimum absolute atomic E-state index is 0.0207. The third-order valence-electron chi connectivity index (χ3n) is 2.60. The molecule has 1 amide bonds. The normalized spacial score (nSPS) is 10.5. The molecule has 0 bridgehead atoms. The van der Waals surface area contributed by atoms with Crippen molar-refractivity contribution in [3.63, 3.8) is 0 Å². The van der Waals surface area contributed by atoms with Crippen LogP contribution in [-0.4, -0.2) is 49.6 Å². The van der Waals surface area contributed by atoms with Crippen LogP contribution in [0.1, 0.15) is 5.56 Å². The molecule has 0 fully saturated rings. The summed E-state index contributed by atoms with van der Waals surface area (Å²) in [5, 5.41) is 21.0. The van der Waals surface area contributed by atoms with Gasteiger partial charge in [-0.3, -0.25) is 4.79 Å². The first-order chi connectivity index (χ1) is 11.0. The molecule has 1 rings (SSSR count). The Balaban J connectivity index is 2.24. The summed E-state index contributed by atoms with van der Waals surface area (Å²) in [6.45, 7) is 0.401. The van der Waals surface area contributed by atoms with Crippen molar-refractivity contribution >= 4 is 12.0 Å². The lowest BCUT2D eigenvalue weighted by molar-refractivity contribution is -0.758. The number of hydrogen-bond acceptors (Lipinski definition) is 7. The Bertz CT molecular complexity index is 560. The zero-order valence-electron chi connectivity index (χ0n) is 12.6. The van der Waals surface area contributed by atoms with Gasteiger partial charge in [-0.15, -0.1) is 10.1 Å². The van der Waals surface area contributed by atoms with Crippen LogP contribution in [0.25, 0.3) is 6.08 Å². The van der Waals surface area contributed by atoms with Crippen LogP contribution in [0.2, 0.25) is 0 Å². The van der Waals surface area contributed by atoms with Crippen molar-refractivity contribution in [2.75, 3.05) is 33.5 Å². The van der Waals surface area contributed by atoms with Gasteiger partial charge in [-0.25, -0.2) is 0 Å². The number of phenolic OH excluding ortho intramolecular Hbond substituents is 1. The van der Waals surface area contributed by atoms with E-state index in [1.54, 1.807) is 18.2 Å². The lowest BCUT2D eigenvalue weighted by Gasteiger charge is -2.05. The molecule has 0 aromatic heterocycles. The maximum absolute atomic E-state index is 11.6. The molecule has 0 saturated heterocycles. The van der Waals surface area contributed by atoms with Crippen molar-refractivity contribution in [2.24, 2.45) is 0 Å². The van der Waals surface area contributed by atoms with E-state index in [0.717, 1.165) is 0 Å². The molecular formula is C14H18N2O7. The fraction of sp³-hybridized carbons (Fsp3) is 0.357. The fourth-order valence-electron chi connectivity index (χ4n) is 1.55. The van der Waals surface area contributed by atoms with Crippen LogP contribution in [0.5, 0.6) is 11.5 Å². The minimum atomic E-state index is -0.895. The molecule has 2 N–H and O–H groups in total. The number of aromatic hydroxyl groups is 1. The van der Waals surface area contributed by atoms with Crippen molar-refractivity contribution in [1.29, 1.82) is 0 Å². The van der Waals surface area contributed by atoms with Gasteiger partial charge in [0.25, 0.3) is 5.09 Å². The molecule has 0 atom stereocenters. The molecule has 0 heterocycles. The Morgan fingerprint density at radius 3 is 2.87 bits per heavy atom. The highest BCUT2D eigenvalue weighted by molar-refractivity contribution is 5.91. The van der Waals surface area contributed by atoms with E-state index >= 15 is 0 Å². The number of rotatable bonds is 10. The molecule has 1 aromatic carbocycles. The van der Waals surface area contributed by atoms with Crippen molar-refractivity contribution in [1.82, 2.24) is 5.32 Å². The lowest BCUT2D eigenvalue weighted by atomic mass is 10.2. The second-order valence-electron chi connectivity index (χ2n) is 4.22. The summed E-state index contributed by atoms with van der Waals surface area (Å²) in [7, 11) is 1.44.